The molecule has 3 heterocycles. The molecule has 0 saturated heterocycles. The molecule has 0 bridgehead atoms. The number of rotatable bonds is 9. The minimum absolute atomic E-state index is 0.0359. The van der Waals surface area contributed by atoms with E-state index >= 15 is 0 Å². The third-order valence-electron chi connectivity index (χ3n) is 7.37. The molecule has 2 amide bonds. The van der Waals surface area contributed by atoms with Crippen LogP contribution in [0.3, 0.4) is 0 Å². The van der Waals surface area contributed by atoms with Gasteiger partial charge in [0.25, 0.3) is 11.1 Å². The van der Waals surface area contributed by atoms with Gasteiger partial charge in [-0.1, -0.05) is 11.3 Å². The van der Waals surface area contributed by atoms with E-state index in [9.17, 15) is 32.3 Å². The third kappa shape index (κ3) is 5.73. The highest BCUT2D eigenvalue weighted by Crippen LogP contribution is 2.47. The van der Waals surface area contributed by atoms with Crippen LogP contribution in [0.5, 0.6) is 16.7 Å². The fraction of sp³-hybridized carbons (Fsp3) is 0.333. The van der Waals surface area contributed by atoms with Gasteiger partial charge in [0.15, 0.2) is 0 Å². The molecule has 2 aromatic heterocycles. The lowest BCUT2D eigenvalue weighted by molar-refractivity contribution is -0.265. The topological polar surface area (TPSA) is 146 Å². The number of methoxy groups -OCH3 is 1. The van der Waals surface area contributed by atoms with Crippen molar-refractivity contribution in [3.8, 4) is 28.0 Å². The molecule has 0 spiro atoms. The zero-order valence-electron chi connectivity index (χ0n) is 24.4. The molecular formula is C30H28F4N4O6S. The zero-order valence-corrected chi connectivity index (χ0v) is 25.2. The van der Waals surface area contributed by atoms with Gasteiger partial charge in [0.1, 0.15) is 40.5 Å². The predicted octanol–water partition coefficient (Wildman–Crippen LogP) is 4.61. The standard InChI is InChI=1S/C30H28F4N4O6S/c1-14(2)44-19-9-16(10-20-23(19)38-27(42-4)45-20)25(39)36-12-29(41,30(32,33)34)21-11-18-24(43-13-28(18,3)26(35)40)22(37-21)15-5-7-17(31)8-6-15/h5-11,14,41H,12-13H2,1-4H3,(H2,35,40)(H,36,39)/t28-,29-/m0/s1. The Balaban J connectivity index is 1.57. The quantitative estimate of drug-likeness (QED) is 0.223. The van der Waals surface area contributed by atoms with Crippen LogP contribution in [0.1, 0.15) is 42.4 Å². The van der Waals surface area contributed by atoms with Crippen LogP contribution in [0.4, 0.5) is 17.6 Å². The summed E-state index contributed by atoms with van der Waals surface area (Å²) >= 11 is 1.10. The number of aliphatic hydroxyl groups is 1. The second kappa shape index (κ2) is 11.5. The SMILES string of the molecule is COc1nc2c(OC(C)C)cc(C(=O)NC[C@](O)(c3cc4c(c(-c5ccc(F)cc5)n3)OC[C@]4(C)C(N)=O)C(F)(F)F)cc2s1. The molecule has 0 fully saturated rings. The minimum Gasteiger partial charge on any atom is -0.489 e. The van der Waals surface area contributed by atoms with E-state index in [1.165, 1.54) is 38.3 Å². The van der Waals surface area contributed by atoms with Gasteiger partial charge >= 0.3 is 6.18 Å². The summed E-state index contributed by atoms with van der Waals surface area (Å²) < 4.78 is 75.0. The molecule has 0 radical (unpaired) electrons. The molecule has 10 nitrogen and oxygen atoms in total. The third-order valence-corrected chi connectivity index (χ3v) is 8.34. The van der Waals surface area contributed by atoms with E-state index in [2.05, 4.69) is 15.3 Å². The predicted molar refractivity (Wildman–Crippen MR) is 156 cm³/mol. The molecule has 0 aliphatic carbocycles. The lowest BCUT2D eigenvalue weighted by atomic mass is 9.81. The number of alkyl halides is 3. The Morgan fingerprint density at radius 3 is 2.47 bits per heavy atom. The number of carbonyl (C=O) groups is 2. The molecular weight excluding hydrogens is 620 g/mol. The van der Waals surface area contributed by atoms with Gasteiger partial charge in [-0.25, -0.2) is 9.37 Å². The van der Waals surface area contributed by atoms with Crippen LogP contribution in [0, 0.1) is 5.82 Å². The average Bonchev–Trinajstić information content (AvgIpc) is 3.56. The Kier molecular flexibility index (Phi) is 8.12. The van der Waals surface area contributed by atoms with Crippen LogP contribution in [-0.2, 0) is 15.8 Å². The molecule has 2 atom stereocenters. The van der Waals surface area contributed by atoms with E-state index in [0.717, 1.165) is 29.5 Å². The van der Waals surface area contributed by atoms with Crippen molar-refractivity contribution in [3.05, 3.63) is 65.1 Å². The molecule has 4 aromatic rings. The van der Waals surface area contributed by atoms with Gasteiger partial charge in [0.2, 0.25) is 11.5 Å². The second-order valence-electron chi connectivity index (χ2n) is 10.9. The zero-order chi connectivity index (χ0) is 32.9. The van der Waals surface area contributed by atoms with Crippen LogP contribution in [0.15, 0.2) is 42.5 Å². The first-order valence-corrected chi connectivity index (χ1v) is 14.4. The summed E-state index contributed by atoms with van der Waals surface area (Å²) in [6.07, 6.45) is -5.68. The molecule has 15 heteroatoms. The molecule has 1 aliphatic rings. The molecule has 1 aliphatic heterocycles. The van der Waals surface area contributed by atoms with E-state index in [-0.39, 0.29) is 51.8 Å². The van der Waals surface area contributed by atoms with Crippen molar-refractivity contribution < 1.29 is 46.5 Å². The summed E-state index contributed by atoms with van der Waals surface area (Å²) in [6, 6.07) is 8.31. The molecule has 0 unspecified atom stereocenters. The molecule has 5 rings (SSSR count). The molecule has 4 N–H and O–H groups in total. The normalized spacial score (nSPS) is 17.5. The van der Waals surface area contributed by atoms with Gasteiger partial charge in [0.05, 0.1) is 30.2 Å². The number of nitrogens with zero attached hydrogens (tertiary/aromatic N) is 2. The van der Waals surface area contributed by atoms with Crippen LogP contribution in [-0.4, -0.2) is 59.4 Å². The minimum atomic E-state index is -5.37. The number of nitrogens with two attached hydrogens (primary N) is 1. The highest BCUT2D eigenvalue weighted by molar-refractivity contribution is 7.20. The van der Waals surface area contributed by atoms with E-state index < -0.39 is 47.1 Å². The Morgan fingerprint density at radius 2 is 1.87 bits per heavy atom. The fourth-order valence-electron chi connectivity index (χ4n) is 4.79. The van der Waals surface area contributed by atoms with Crippen molar-refractivity contribution in [3.63, 3.8) is 0 Å². The first-order chi connectivity index (χ1) is 21.1. The Hall–Kier alpha value is -4.50. The maximum absolute atomic E-state index is 14.7. The van der Waals surface area contributed by atoms with Gasteiger partial charge in [-0.15, -0.1) is 0 Å². The largest absolute Gasteiger partial charge is 0.489 e. The van der Waals surface area contributed by atoms with E-state index in [1.54, 1.807) is 13.8 Å². The second-order valence-corrected chi connectivity index (χ2v) is 11.9. The lowest BCUT2D eigenvalue weighted by Gasteiger charge is -2.31. The molecule has 45 heavy (non-hydrogen) atoms. The Bertz CT molecular complexity index is 1800. The highest BCUT2D eigenvalue weighted by Gasteiger charge is 2.57. The van der Waals surface area contributed by atoms with Gasteiger partial charge < -0.3 is 30.4 Å². The van der Waals surface area contributed by atoms with Crippen LogP contribution in [0.2, 0.25) is 0 Å². The Morgan fingerprint density at radius 1 is 1.18 bits per heavy atom. The maximum Gasteiger partial charge on any atom is 0.424 e. The summed E-state index contributed by atoms with van der Waals surface area (Å²) in [6.45, 7) is 3.23. The van der Waals surface area contributed by atoms with Crippen LogP contribution < -0.4 is 25.3 Å². The summed E-state index contributed by atoms with van der Waals surface area (Å²) in [4.78, 5) is 34.1. The molecule has 0 saturated carbocycles. The van der Waals surface area contributed by atoms with Crippen molar-refractivity contribution in [2.75, 3.05) is 20.3 Å². The van der Waals surface area contributed by atoms with Crippen molar-refractivity contribution in [1.29, 1.82) is 0 Å². The summed E-state index contributed by atoms with van der Waals surface area (Å²) in [5.74, 6) is -2.27. The number of ether oxygens (including phenoxy) is 3. The number of hydrogen-bond acceptors (Lipinski definition) is 9. The number of thiazole rings is 1. The number of primary amides is 1. The van der Waals surface area contributed by atoms with E-state index in [0.29, 0.717) is 10.2 Å². The van der Waals surface area contributed by atoms with Crippen molar-refractivity contribution in [1.82, 2.24) is 15.3 Å². The number of fused-ring (bicyclic) bond motifs is 2. The van der Waals surface area contributed by atoms with Crippen molar-refractivity contribution in [2.24, 2.45) is 5.73 Å². The summed E-state index contributed by atoms with van der Waals surface area (Å²) in [7, 11) is 1.42. The number of hydrogen-bond donors (Lipinski definition) is 3. The Labute approximate surface area is 258 Å². The number of benzene rings is 2. The number of pyridine rings is 1. The highest BCUT2D eigenvalue weighted by atomic mass is 32.1. The van der Waals surface area contributed by atoms with Crippen molar-refractivity contribution in [2.45, 2.75) is 44.1 Å². The van der Waals surface area contributed by atoms with Crippen molar-refractivity contribution >= 4 is 33.4 Å². The lowest BCUT2D eigenvalue weighted by Crippen LogP contribution is -2.51. The maximum atomic E-state index is 14.7. The number of halogens is 4. The first-order valence-electron chi connectivity index (χ1n) is 13.5. The fourth-order valence-corrected chi connectivity index (χ4v) is 5.63. The summed E-state index contributed by atoms with van der Waals surface area (Å²) in [5.41, 5.74) is -0.373. The van der Waals surface area contributed by atoms with E-state index in [1.807, 2.05) is 0 Å². The van der Waals surface area contributed by atoms with Gasteiger partial charge in [-0.2, -0.15) is 18.2 Å². The van der Waals surface area contributed by atoms with E-state index in [4.69, 9.17) is 19.9 Å². The van der Waals surface area contributed by atoms with Gasteiger partial charge in [-0.3, -0.25) is 9.59 Å². The number of aromatic nitrogens is 2. The van der Waals surface area contributed by atoms with Gasteiger partial charge in [-0.05, 0) is 63.2 Å². The molecule has 2 aromatic carbocycles. The smallest absolute Gasteiger partial charge is 0.424 e. The summed E-state index contributed by atoms with van der Waals surface area (Å²) in [5, 5.41) is 13.7. The monoisotopic (exact) mass is 648 g/mol. The number of nitrogens with one attached hydrogen (secondary N) is 1. The molecule has 238 valence electrons. The first kappa shape index (κ1) is 31.9. The average molecular weight is 649 g/mol. The number of amides is 2. The van der Waals surface area contributed by atoms with Gasteiger partial charge in [0, 0.05) is 16.7 Å². The van der Waals surface area contributed by atoms with Crippen LogP contribution in [0.25, 0.3) is 21.5 Å². The van der Waals surface area contributed by atoms with Crippen LogP contribution >= 0.6 is 11.3 Å². The number of carbonyl (C=O) groups excluding carboxylic acids is 2.